The predicted molar refractivity (Wildman–Crippen MR) is 57.9 cm³/mol. The van der Waals surface area contributed by atoms with Crippen LogP contribution in [0, 0.1) is 5.82 Å². The molecule has 2 rings (SSSR count). The first-order valence-corrected chi connectivity index (χ1v) is 5.25. The third kappa shape index (κ3) is 1.60. The maximum atomic E-state index is 13.7. The SMILES string of the molecule is COc1c(C2(CN)CC2)ccc(Cl)c1F. The van der Waals surface area contributed by atoms with Crippen LogP contribution in [-0.2, 0) is 5.41 Å². The molecule has 15 heavy (non-hydrogen) atoms. The van der Waals surface area contributed by atoms with Crippen LogP contribution in [0.5, 0.6) is 5.75 Å². The molecule has 1 aliphatic carbocycles. The molecule has 0 unspecified atom stereocenters. The van der Waals surface area contributed by atoms with E-state index in [2.05, 4.69) is 0 Å². The van der Waals surface area contributed by atoms with Crippen molar-refractivity contribution in [3.8, 4) is 5.75 Å². The zero-order chi connectivity index (χ0) is 11.1. The molecule has 0 spiro atoms. The Hall–Kier alpha value is -0.800. The largest absolute Gasteiger partial charge is 0.493 e. The number of nitrogens with two attached hydrogens (primary N) is 1. The van der Waals surface area contributed by atoms with E-state index in [4.69, 9.17) is 22.1 Å². The topological polar surface area (TPSA) is 35.2 Å². The molecule has 1 saturated carbocycles. The normalized spacial score (nSPS) is 17.6. The van der Waals surface area contributed by atoms with Gasteiger partial charge in [-0.3, -0.25) is 0 Å². The molecule has 0 saturated heterocycles. The molecule has 0 bridgehead atoms. The van der Waals surface area contributed by atoms with Gasteiger partial charge >= 0.3 is 0 Å². The van der Waals surface area contributed by atoms with Gasteiger partial charge in [-0.25, -0.2) is 4.39 Å². The molecule has 0 aliphatic heterocycles. The van der Waals surface area contributed by atoms with E-state index >= 15 is 0 Å². The Labute approximate surface area is 93.2 Å². The standard InChI is InChI=1S/C11H13ClFNO/c1-15-10-7(11(6-14)4-5-11)2-3-8(12)9(10)13/h2-3H,4-6,14H2,1H3. The van der Waals surface area contributed by atoms with Crippen LogP contribution in [0.4, 0.5) is 4.39 Å². The quantitative estimate of drug-likeness (QED) is 0.864. The minimum atomic E-state index is -0.489. The van der Waals surface area contributed by atoms with Gasteiger partial charge in [-0.1, -0.05) is 17.7 Å². The molecular weight excluding hydrogens is 217 g/mol. The number of halogens is 2. The summed E-state index contributed by atoms with van der Waals surface area (Å²) in [6.45, 7) is 0.518. The van der Waals surface area contributed by atoms with E-state index in [1.165, 1.54) is 7.11 Å². The van der Waals surface area contributed by atoms with Gasteiger partial charge in [0, 0.05) is 17.5 Å². The van der Waals surface area contributed by atoms with Crippen molar-refractivity contribution in [3.63, 3.8) is 0 Å². The molecule has 0 radical (unpaired) electrons. The average molecular weight is 230 g/mol. The molecule has 0 amide bonds. The fourth-order valence-corrected chi connectivity index (χ4v) is 2.03. The van der Waals surface area contributed by atoms with Gasteiger partial charge in [0.25, 0.3) is 0 Å². The van der Waals surface area contributed by atoms with Crippen molar-refractivity contribution in [2.45, 2.75) is 18.3 Å². The van der Waals surface area contributed by atoms with Crippen LogP contribution in [-0.4, -0.2) is 13.7 Å². The summed E-state index contributed by atoms with van der Waals surface area (Å²) in [6, 6.07) is 3.37. The first kappa shape index (κ1) is 10.7. The van der Waals surface area contributed by atoms with Gasteiger partial charge in [-0.15, -0.1) is 0 Å². The van der Waals surface area contributed by atoms with Gasteiger partial charge in [0.05, 0.1) is 12.1 Å². The second kappa shape index (κ2) is 3.65. The summed E-state index contributed by atoms with van der Waals surface area (Å²) in [5, 5.41) is 0.0865. The lowest BCUT2D eigenvalue weighted by molar-refractivity contribution is 0.376. The van der Waals surface area contributed by atoms with E-state index in [1.807, 2.05) is 6.07 Å². The van der Waals surface area contributed by atoms with Crippen LogP contribution in [0.25, 0.3) is 0 Å². The van der Waals surface area contributed by atoms with Crippen LogP contribution in [0.2, 0.25) is 5.02 Å². The molecule has 1 aliphatic rings. The number of ether oxygens (including phenoxy) is 1. The Morgan fingerprint density at radius 1 is 1.53 bits per heavy atom. The minimum Gasteiger partial charge on any atom is -0.493 e. The number of hydrogen-bond donors (Lipinski definition) is 1. The van der Waals surface area contributed by atoms with E-state index in [0.717, 1.165) is 18.4 Å². The van der Waals surface area contributed by atoms with Crippen LogP contribution in [0.1, 0.15) is 18.4 Å². The smallest absolute Gasteiger partial charge is 0.183 e. The fraction of sp³-hybridized carbons (Fsp3) is 0.455. The molecule has 2 N–H and O–H groups in total. The van der Waals surface area contributed by atoms with E-state index in [0.29, 0.717) is 6.54 Å². The van der Waals surface area contributed by atoms with E-state index in [1.54, 1.807) is 6.07 Å². The van der Waals surface area contributed by atoms with Crippen molar-refractivity contribution in [2.24, 2.45) is 5.73 Å². The first-order valence-electron chi connectivity index (χ1n) is 4.87. The van der Waals surface area contributed by atoms with Crippen LogP contribution in [0.3, 0.4) is 0 Å². The van der Waals surface area contributed by atoms with Crippen molar-refractivity contribution in [1.29, 1.82) is 0 Å². The highest BCUT2D eigenvalue weighted by molar-refractivity contribution is 6.30. The molecule has 2 nitrogen and oxygen atoms in total. The molecule has 0 atom stereocenters. The minimum absolute atomic E-state index is 0.0865. The summed E-state index contributed by atoms with van der Waals surface area (Å²) in [7, 11) is 1.45. The Kier molecular flexibility index (Phi) is 2.61. The second-order valence-corrected chi connectivity index (χ2v) is 4.33. The molecule has 82 valence electrons. The lowest BCUT2D eigenvalue weighted by Crippen LogP contribution is -2.20. The highest BCUT2D eigenvalue weighted by Gasteiger charge is 2.45. The molecule has 0 aromatic heterocycles. The summed E-state index contributed by atoms with van der Waals surface area (Å²) < 4.78 is 18.7. The summed E-state index contributed by atoms with van der Waals surface area (Å²) in [6.07, 6.45) is 1.97. The summed E-state index contributed by atoms with van der Waals surface area (Å²) in [4.78, 5) is 0. The second-order valence-electron chi connectivity index (χ2n) is 3.93. The van der Waals surface area contributed by atoms with Gasteiger partial charge < -0.3 is 10.5 Å². The zero-order valence-electron chi connectivity index (χ0n) is 8.52. The van der Waals surface area contributed by atoms with Crippen molar-refractivity contribution in [1.82, 2.24) is 0 Å². The van der Waals surface area contributed by atoms with Crippen molar-refractivity contribution in [3.05, 3.63) is 28.5 Å². The van der Waals surface area contributed by atoms with Gasteiger partial charge in [-0.2, -0.15) is 0 Å². The van der Waals surface area contributed by atoms with E-state index in [9.17, 15) is 4.39 Å². The van der Waals surface area contributed by atoms with Crippen molar-refractivity contribution >= 4 is 11.6 Å². The Bertz CT molecular complexity index is 390. The highest BCUT2D eigenvalue weighted by atomic mass is 35.5. The first-order chi connectivity index (χ1) is 7.14. The van der Waals surface area contributed by atoms with Crippen LogP contribution in [0.15, 0.2) is 12.1 Å². The number of hydrogen-bond acceptors (Lipinski definition) is 2. The van der Waals surface area contributed by atoms with Gasteiger partial charge in [-0.05, 0) is 18.9 Å². The maximum absolute atomic E-state index is 13.7. The summed E-state index contributed by atoms with van der Waals surface area (Å²) >= 11 is 5.69. The van der Waals surface area contributed by atoms with Crippen molar-refractivity contribution < 1.29 is 9.13 Å². The van der Waals surface area contributed by atoms with Crippen molar-refractivity contribution in [2.75, 3.05) is 13.7 Å². The monoisotopic (exact) mass is 229 g/mol. The fourth-order valence-electron chi connectivity index (χ4n) is 1.88. The maximum Gasteiger partial charge on any atom is 0.183 e. The molecular formula is C11H13ClFNO. The lowest BCUT2D eigenvalue weighted by Gasteiger charge is -2.17. The molecule has 1 fully saturated rings. The summed E-state index contributed by atoms with van der Waals surface area (Å²) in [5.74, 6) is -0.248. The average Bonchev–Trinajstić information content (AvgIpc) is 3.02. The van der Waals surface area contributed by atoms with E-state index < -0.39 is 5.82 Å². The number of benzene rings is 1. The van der Waals surface area contributed by atoms with Crippen LogP contribution < -0.4 is 10.5 Å². The number of methoxy groups -OCH3 is 1. The van der Waals surface area contributed by atoms with Gasteiger partial charge in [0.15, 0.2) is 11.6 Å². The predicted octanol–water partition coefficient (Wildman–Crippen LogP) is 2.48. The van der Waals surface area contributed by atoms with Gasteiger partial charge in [0.2, 0.25) is 0 Å². The van der Waals surface area contributed by atoms with E-state index in [-0.39, 0.29) is 16.2 Å². The highest BCUT2D eigenvalue weighted by Crippen LogP contribution is 2.51. The van der Waals surface area contributed by atoms with Crippen LogP contribution >= 0.6 is 11.6 Å². The third-order valence-corrected chi connectivity index (χ3v) is 3.36. The third-order valence-electron chi connectivity index (χ3n) is 3.07. The molecule has 1 aromatic carbocycles. The molecule has 1 aromatic rings. The number of rotatable bonds is 3. The Morgan fingerprint density at radius 2 is 2.20 bits per heavy atom. The lowest BCUT2D eigenvalue weighted by atomic mass is 9.95. The van der Waals surface area contributed by atoms with Gasteiger partial charge in [0.1, 0.15) is 0 Å². The zero-order valence-corrected chi connectivity index (χ0v) is 9.27. The summed E-state index contributed by atoms with van der Waals surface area (Å²) in [5.41, 5.74) is 6.46. The molecule has 4 heteroatoms. The molecule has 0 heterocycles. The Balaban J connectivity index is 2.52. The Morgan fingerprint density at radius 3 is 2.67 bits per heavy atom.